The van der Waals surface area contributed by atoms with Crippen LogP contribution >= 0.6 is 0 Å². The van der Waals surface area contributed by atoms with Gasteiger partial charge in [-0.25, -0.2) is 0 Å². The van der Waals surface area contributed by atoms with Gasteiger partial charge in [0.15, 0.2) is 0 Å². The normalized spacial score (nSPS) is 22.1. The maximum atomic E-state index is 2.35. The lowest BCUT2D eigenvalue weighted by atomic mass is 9.98. The van der Waals surface area contributed by atoms with E-state index in [1.54, 1.807) is 0 Å². The third-order valence-electron chi connectivity index (χ3n) is 3.97. The Morgan fingerprint density at radius 2 is 1.86 bits per heavy atom. The molecule has 76 valence electrons. The van der Waals surface area contributed by atoms with Crippen LogP contribution in [0.2, 0.25) is 0 Å². The molecule has 1 aliphatic rings. The number of quaternary nitrogens is 1. The first kappa shape index (κ1) is 9.72. The zero-order valence-electron chi connectivity index (χ0n) is 9.89. The maximum absolute atomic E-state index is 2.35. The van der Waals surface area contributed by atoms with Gasteiger partial charge in [0.25, 0.3) is 0 Å². The number of aryl methyl sites for hydroxylation is 1. The van der Waals surface area contributed by atoms with E-state index in [0.29, 0.717) is 5.54 Å². The van der Waals surface area contributed by atoms with Gasteiger partial charge in [-0.1, -0.05) is 11.6 Å². The van der Waals surface area contributed by atoms with Crippen LogP contribution in [0.3, 0.4) is 0 Å². The Hall–Kier alpha value is -0.820. The quantitative estimate of drug-likeness (QED) is 0.552. The summed E-state index contributed by atoms with van der Waals surface area (Å²) in [4.78, 5) is 0. The minimum Gasteiger partial charge on any atom is -0.291 e. The maximum Gasteiger partial charge on any atom is 0.136 e. The Bertz CT molecular complexity index is 375. The SMILES string of the molecule is Cc1ccc2c(c1)CC(C)(C)[N+]2(C)C. The highest BCUT2D eigenvalue weighted by atomic mass is 15.4. The average molecular weight is 190 g/mol. The number of rotatable bonds is 0. The van der Waals surface area contributed by atoms with Crippen molar-refractivity contribution in [2.75, 3.05) is 14.1 Å². The smallest absolute Gasteiger partial charge is 0.136 e. The second-order valence-electron chi connectivity index (χ2n) is 5.57. The lowest BCUT2D eigenvalue weighted by molar-refractivity contribution is 0.222. The van der Waals surface area contributed by atoms with Crippen molar-refractivity contribution < 1.29 is 0 Å². The Kier molecular flexibility index (Phi) is 1.81. The molecule has 0 spiro atoms. The molecule has 0 N–H and O–H groups in total. The third kappa shape index (κ3) is 1.12. The standard InChI is InChI=1S/C13H20N/c1-10-6-7-12-11(8-10)9-13(2,3)14(12,4)5/h6-8H,9H2,1-5H3/q+1. The molecule has 0 saturated carbocycles. The van der Waals surface area contributed by atoms with E-state index < -0.39 is 0 Å². The van der Waals surface area contributed by atoms with Gasteiger partial charge in [0.05, 0.1) is 14.1 Å². The van der Waals surface area contributed by atoms with E-state index >= 15 is 0 Å². The number of fused-ring (bicyclic) bond motifs is 1. The molecular weight excluding hydrogens is 170 g/mol. The number of hydrogen-bond donors (Lipinski definition) is 0. The first-order chi connectivity index (χ1) is 6.34. The van der Waals surface area contributed by atoms with Crippen molar-refractivity contribution in [2.24, 2.45) is 0 Å². The zero-order chi connectivity index (χ0) is 10.6. The number of hydrogen-bond acceptors (Lipinski definition) is 0. The van der Waals surface area contributed by atoms with E-state index in [9.17, 15) is 0 Å². The van der Waals surface area contributed by atoms with E-state index in [2.05, 4.69) is 53.1 Å². The van der Waals surface area contributed by atoms with Crippen molar-refractivity contribution in [2.45, 2.75) is 32.7 Å². The molecule has 0 aromatic heterocycles. The van der Waals surface area contributed by atoms with Gasteiger partial charge < -0.3 is 0 Å². The van der Waals surface area contributed by atoms with Crippen molar-refractivity contribution in [3.63, 3.8) is 0 Å². The first-order valence-electron chi connectivity index (χ1n) is 5.29. The van der Waals surface area contributed by atoms with E-state index in [1.807, 2.05) is 0 Å². The van der Waals surface area contributed by atoms with Gasteiger partial charge in [-0.2, -0.15) is 0 Å². The Morgan fingerprint density at radius 3 is 2.50 bits per heavy atom. The van der Waals surface area contributed by atoms with E-state index in [1.165, 1.54) is 23.2 Å². The summed E-state index contributed by atoms with van der Waals surface area (Å²) in [5, 5.41) is 0. The van der Waals surface area contributed by atoms with Gasteiger partial charge in [-0.15, -0.1) is 0 Å². The topological polar surface area (TPSA) is 0 Å². The zero-order valence-corrected chi connectivity index (χ0v) is 9.89. The summed E-state index contributed by atoms with van der Waals surface area (Å²) in [6, 6.07) is 6.85. The number of likely N-dealkylation sites (N-methyl/N-ethyl adjacent to an activating group) is 1. The summed E-state index contributed by atoms with van der Waals surface area (Å²) in [7, 11) is 4.61. The average Bonchev–Trinajstić information content (AvgIpc) is 2.18. The van der Waals surface area contributed by atoms with Crippen LogP contribution in [0.4, 0.5) is 5.69 Å². The highest BCUT2D eigenvalue weighted by Gasteiger charge is 2.46. The molecule has 1 nitrogen and oxygen atoms in total. The summed E-state index contributed by atoms with van der Waals surface area (Å²) in [5.74, 6) is 0. The highest BCUT2D eigenvalue weighted by molar-refractivity contribution is 5.57. The van der Waals surface area contributed by atoms with Crippen molar-refractivity contribution in [1.29, 1.82) is 0 Å². The minimum atomic E-state index is 0.329. The molecule has 1 heterocycles. The molecule has 0 bridgehead atoms. The molecule has 1 aromatic carbocycles. The van der Waals surface area contributed by atoms with Gasteiger partial charge in [0.1, 0.15) is 11.2 Å². The summed E-state index contributed by atoms with van der Waals surface area (Å²) in [6.45, 7) is 6.87. The summed E-state index contributed by atoms with van der Waals surface area (Å²) >= 11 is 0. The summed E-state index contributed by atoms with van der Waals surface area (Å²) < 4.78 is 1.00. The number of nitrogens with zero attached hydrogens (tertiary/aromatic N) is 1. The van der Waals surface area contributed by atoms with Gasteiger partial charge in [0.2, 0.25) is 0 Å². The van der Waals surface area contributed by atoms with E-state index in [-0.39, 0.29) is 0 Å². The van der Waals surface area contributed by atoms with Crippen LogP contribution in [0.25, 0.3) is 0 Å². The van der Waals surface area contributed by atoms with Gasteiger partial charge >= 0.3 is 0 Å². The van der Waals surface area contributed by atoms with Crippen molar-refractivity contribution >= 4 is 5.69 Å². The molecule has 1 heteroatoms. The van der Waals surface area contributed by atoms with E-state index in [0.717, 1.165) is 4.48 Å². The second kappa shape index (κ2) is 2.60. The molecule has 0 aliphatic carbocycles. The second-order valence-corrected chi connectivity index (χ2v) is 5.57. The molecule has 14 heavy (non-hydrogen) atoms. The Labute approximate surface area is 86.9 Å². The van der Waals surface area contributed by atoms with Crippen LogP contribution in [-0.2, 0) is 6.42 Å². The van der Waals surface area contributed by atoms with Crippen LogP contribution in [0.15, 0.2) is 18.2 Å². The van der Waals surface area contributed by atoms with Crippen LogP contribution < -0.4 is 4.48 Å². The molecule has 1 aliphatic heterocycles. The molecule has 0 saturated heterocycles. The van der Waals surface area contributed by atoms with Crippen molar-refractivity contribution in [1.82, 2.24) is 4.48 Å². The van der Waals surface area contributed by atoms with Crippen molar-refractivity contribution in [3.05, 3.63) is 29.3 Å². The Morgan fingerprint density at radius 1 is 1.21 bits per heavy atom. The minimum absolute atomic E-state index is 0.329. The molecule has 0 amide bonds. The monoisotopic (exact) mass is 190 g/mol. The fourth-order valence-electron chi connectivity index (χ4n) is 2.39. The third-order valence-corrected chi connectivity index (χ3v) is 3.97. The van der Waals surface area contributed by atoms with Crippen LogP contribution in [0.1, 0.15) is 25.0 Å². The number of benzene rings is 1. The summed E-state index contributed by atoms with van der Waals surface area (Å²) in [6.07, 6.45) is 1.19. The van der Waals surface area contributed by atoms with Gasteiger partial charge in [-0.05, 0) is 32.9 Å². The van der Waals surface area contributed by atoms with Gasteiger partial charge in [0, 0.05) is 12.0 Å². The summed E-state index contributed by atoms with van der Waals surface area (Å²) in [5.41, 5.74) is 4.72. The first-order valence-corrected chi connectivity index (χ1v) is 5.29. The van der Waals surface area contributed by atoms with Crippen LogP contribution in [-0.4, -0.2) is 19.6 Å². The molecular formula is C13H20N+. The van der Waals surface area contributed by atoms with Crippen LogP contribution in [0, 0.1) is 6.92 Å². The lowest BCUT2D eigenvalue weighted by Crippen LogP contribution is -2.54. The highest BCUT2D eigenvalue weighted by Crippen LogP contribution is 2.42. The van der Waals surface area contributed by atoms with Gasteiger partial charge in [-0.3, -0.25) is 4.48 Å². The lowest BCUT2D eigenvalue weighted by Gasteiger charge is -2.38. The van der Waals surface area contributed by atoms with Crippen LogP contribution in [0.5, 0.6) is 0 Å². The fraction of sp³-hybridized carbons (Fsp3) is 0.538. The molecule has 0 fully saturated rings. The predicted molar refractivity (Wildman–Crippen MR) is 62.6 cm³/mol. The largest absolute Gasteiger partial charge is 0.291 e. The molecule has 1 aromatic rings. The predicted octanol–water partition coefficient (Wildman–Crippen LogP) is 2.90. The molecule has 0 atom stereocenters. The van der Waals surface area contributed by atoms with Crippen molar-refractivity contribution in [3.8, 4) is 0 Å². The molecule has 0 radical (unpaired) electrons. The van der Waals surface area contributed by atoms with E-state index in [4.69, 9.17) is 0 Å². The Balaban J connectivity index is 2.60. The fourth-order valence-corrected chi connectivity index (χ4v) is 2.39. The molecule has 0 unspecified atom stereocenters. The molecule has 2 rings (SSSR count).